The topological polar surface area (TPSA) is 43.9 Å². The van der Waals surface area contributed by atoms with Crippen molar-refractivity contribution in [3.63, 3.8) is 0 Å². The van der Waals surface area contributed by atoms with E-state index in [0.717, 1.165) is 39.0 Å². The second kappa shape index (κ2) is 7.25. The van der Waals surface area contributed by atoms with Gasteiger partial charge in [0.05, 0.1) is 6.04 Å². The maximum atomic E-state index is 12.7. The van der Waals surface area contributed by atoms with Gasteiger partial charge in [-0.2, -0.15) is 0 Å². The Kier molecular flexibility index (Phi) is 5.62. The predicted molar refractivity (Wildman–Crippen MR) is 82.9 cm³/mol. The van der Waals surface area contributed by atoms with Crippen molar-refractivity contribution >= 4 is 11.8 Å². The molecule has 21 heavy (non-hydrogen) atoms. The molecule has 1 aliphatic carbocycles. The molecule has 5 heteroatoms. The number of hydrogen-bond donors (Lipinski definition) is 0. The van der Waals surface area contributed by atoms with Crippen LogP contribution in [0.4, 0.5) is 0 Å². The SMILES string of the molecule is CC(=O)N1CCN([C@H](C)C(=O)N(C)C2CCCCC2)CC1. The van der Waals surface area contributed by atoms with Crippen LogP contribution in [0.1, 0.15) is 46.0 Å². The average molecular weight is 295 g/mol. The van der Waals surface area contributed by atoms with Crippen LogP contribution in [0.3, 0.4) is 0 Å². The number of likely N-dealkylation sites (N-methyl/N-ethyl adjacent to an activating group) is 1. The first kappa shape index (κ1) is 16.3. The third-order valence-corrected chi connectivity index (χ3v) is 5.13. The van der Waals surface area contributed by atoms with Crippen LogP contribution in [0, 0.1) is 0 Å². The summed E-state index contributed by atoms with van der Waals surface area (Å²) in [6.45, 7) is 6.68. The highest BCUT2D eigenvalue weighted by molar-refractivity contribution is 5.81. The zero-order chi connectivity index (χ0) is 15.4. The monoisotopic (exact) mass is 295 g/mol. The van der Waals surface area contributed by atoms with Crippen LogP contribution in [0.25, 0.3) is 0 Å². The van der Waals surface area contributed by atoms with Gasteiger partial charge in [-0.3, -0.25) is 14.5 Å². The maximum absolute atomic E-state index is 12.7. The van der Waals surface area contributed by atoms with Gasteiger partial charge in [0.25, 0.3) is 0 Å². The molecule has 0 aromatic rings. The first-order valence-corrected chi connectivity index (χ1v) is 8.27. The Bertz CT molecular complexity index is 372. The summed E-state index contributed by atoms with van der Waals surface area (Å²) in [4.78, 5) is 30.1. The molecule has 0 spiro atoms. The van der Waals surface area contributed by atoms with Crippen molar-refractivity contribution in [3.8, 4) is 0 Å². The number of nitrogens with zero attached hydrogens (tertiary/aromatic N) is 3. The summed E-state index contributed by atoms with van der Waals surface area (Å²) in [7, 11) is 1.96. The van der Waals surface area contributed by atoms with Gasteiger partial charge >= 0.3 is 0 Å². The van der Waals surface area contributed by atoms with Crippen LogP contribution in [0.2, 0.25) is 0 Å². The summed E-state index contributed by atoms with van der Waals surface area (Å²) in [5.41, 5.74) is 0. The van der Waals surface area contributed by atoms with E-state index in [9.17, 15) is 9.59 Å². The summed E-state index contributed by atoms with van der Waals surface area (Å²) in [6, 6.07) is 0.346. The van der Waals surface area contributed by atoms with Crippen molar-refractivity contribution in [3.05, 3.63) is 0 Å². The van der Waals surface area contributed by atoms with Gasteiger partial charge in [0.1, 0.15) is 0 Å². The fourth-order valence-corrected chi connectivity index (χ4v) is 3.52. The molecule has 2 aliphatic rings. The summed E-state index contributed by atoms with van der Waals surface area (Å²) >= 11 is 0. The van der Waals surface area contributed by atoms with E-state index in [4.69, 9.17) is 0 Å². The molecule has 0 aromatic heterocycles. The quantitative estimate of drug-likeness (QED) is 0.789. The molecule has 1 atom stereocenters. The number of carbonyl (C=O) groups is 2. The minimum Gasteiger partial charge on any atom is -0.341 e. The Morgan fingerprint density at radius 2 is 1.62 bits per heavy atom. The van der Waals surface area contributed by atoms with E-state index in [1.165, 1.54) is 19.3 Å². The van der Waals surface area contributed by atoms with Crippen molar-refractivity contribution in [1.29, 1.82) is 0 Å². The minimum absolute atomic E-state index is 0.0777. The highest BCUT2D eigenvalue weighted by atomic mass is 16.2. The molecule has 2 rings (SSSR count). The Morgan fingerprint density at radius 1 is 1.05 bits per heavy atom. The summed E-state index contributed by atoms with van der Waals surface area (Å²) in [5, 5.41) is 0. The molecular weight excluding hydrogens is 266 g/mol. The lowest BCUT2D eigenvalue weighted by molar-refractivity contribution is -0.139. The van der Waals surface area contributed by atoms with Crippen molar-refractivity contribution in [1.82, 2.24) is 14.7 Å². The molecule has 2 fully saturated rings. The van der Waals surface area contributed by atoms with Gasteiger partial charge < -0.3 is 9.80 Å². The number of hydrogen-bond acceptors (Lipinski definition) is 3. The van der Waals surface area contributed by atoms with Gasteiger partial charge in [0.15, 0.2) is 0 Å². The zero-order valence-corrected chi connectivity index (χ0v) is 13.7. The van der Waals surface area contributed by atoms with Gasteiger partial charge in [-0.15, -0.1) is 0 Å². The van der Waals surface area contributed by atoms with Gasteiger partial charge in [0.2, 0.25) is 11.8 Å². The van der Waals surface area contributed by atoms with Crippen molar-refractivity contribution in [2.24, 2.45) is 0 Å². The molecule has 0 aromatic carbocycles. The lowest BCUT2D eigenvalue weighted by Crippen LogP contribution is -2.56. The van der Waals surface area contributed by atoms with E-state index in [2.05, 4.69) is 4.90 Å². The molecule has 0 bridgehead atoms. The summed E-state index contributed by atoms with van der Waals surface area (Å²) in [6.07, 6.45) is 6.09. The van der Waals surface area contributed by atoms with Gasteiger partial charge in [-0.05, 0) is 19.8 Å². The second-order valence-electron chi connectivity index (χ2n) is 6.46. The Labute approximate surface area is 128 Å². The Morgan fingerprint density at radius 3 is 2.14 bits per heavy atom. The van der Waals surface area contributed by atoms with Crippen LogP contribution in [0.5, 0.6) is 0 Å². The molecule has 1 saturated heterocycles. The van der Waals surface area contributed by atoms with Gasteiger partial charge in [-0.25, -0.2) is 0 Å². The van der Waals surface area contributed by atoms with Crippen LogP contribution in [-0.4, -0.2) is 71.8 Å². The average Bonchev–Trinajstić information content (AvgIpc) is 2.53. The summed E-state index contributed by atoms with van der Waals surface area (Å²) < 4.78 is 0. The first-order chi connectivity index (χ1) is 10.0. The number of carbonyl (C=O) groups excluding carboxylic acids is 2. The fourth-order valence-electron chi connectivity index (χ4n) is 3.52. The van der Waals surface area contributed by atoms with E-state index in [1.807, 2.05) is 23.8 Å². The van der Waals surface area contributed by atoms with Gasteiger partial charge in [-0.1, -0.05) is 19.3 Å². The Balaban J connectivity index is 1.86. The van der Waals surface area contributed by atoms with Crippen LogP contribution in [0.15, 0.2) is 0 Å². The molecule has 0 N–H and O–H groups in total. The molecule has 1 saturated carbocycles. The number of piperazine rings is 1. The van der Waals surface area contributed by atoms with Gasteiger partial charge in [0, 0.05) is 46.2 Å². The molecule has 1 aliphatic heterocycles. The van der Waals surface area contributed by atoms with Crippen molar-refractivity contribution in [2.45, 2.75) is 58.0 Å². The fraction of sp³-hybridized carbons (Fsp3) is 0.875. The zero-order valence-electron chi connectivity index (χ0n) is 13.7. The molecule has 5 nitrogen and oxygen atoms in total. The van der Waals surface area contributed by atoms with Crippen molar-refractivity contribution in [2.75, 3.05) is 33.2 Å². The number of amides is 2. The maximum Gasteiger partial charge on any atom is 0.239 e. The molecule has 1 heterocycles. The van der Waals surface area contributed by atoms with E-state index < -0.39 is 0 Å². The first-order valence-electron chi connectivity index (χ1n) is 8.27. The largest absolute Gasteiger partial charge is 0.341 e. The van der Waals surface area contributed by atoms with E-state index in [1.54, 1.807) is 6.92 Å². The third kappa shape index (κ3) is 3.96. The van der Waals surface area contributed by atoms with E-state index >= 15 is 0 Å². The highest BCUT2D eigenvalue weighted by Crippen LogP contribution is 2.22. The van der Waals surface area contributed by atoms with E-state index in [-0.39, 0.29) is 17.9 Å². The second-order valence-corrected chi connectivity index (χ2v) is 6.46. The molecule has 0 unspecified atom stereocenters. The third-order valence-electron chi connectivity index (χ3n) is 5.13. The smallest absolute Gasteiger partial charge is 0.239 e. The normalized spacial score (nSPS) is 22.9. The van der Waals surface area contributed by atoms with Crippen molar-refractivity contribution < 1.29 is 9.59 Å². The standard InChI is InChI=1S/C16H29N3O2/c1-13(18-9-11-19(12-10-18)14(2)20)16(21)17(3)15-7-5-4-6-8-15/h13,15H,4-12H2,1-3H3/t13-/m1/s1. The van der Waals surface area contributed by atoms with Crippen LogP contribution < -0.4 is 0 Å². The lowest BCUT2D eigenvalue weighted by atomic mass is 9.94. The molecule has 120 valence electrons. The number of rotatable bonds is 3. The Hall–Kier alpha value is -1.10. The molecular formula is C16H29N3O2. The van der Waals surface area contributed by atoms with E-state index in [0.29, 0.717) is 6.04 Å². The minimum atomic E-state index is -0.0777. The predicted octanol–water partition coefficient (Wildman–Crippen LogP) is 1.33. The molecule has 2 amide bonds. The van der Waals surface area contributed by atoms with Crippen LogP contribution in [-0.2, 0) is 9.59 Å². The highest BCUT2D eigenvalue weighted by Gasteiger charge is 2.31. The lowest BCUT2D eigenvalue weighted by Gasteiger charge is -2.40. The summed E-state index contributed by atoms with van der Waals surface area (Å²) in [5.74, 6) is 0.367. The van der Waals surface area contributed by atoms with Crippen LogP contribution >= 0.6 is 0 Å². The molecule has 0 radical (unpaired) electrons.